The number of hydrogen-bond acceptors (Lipinski definition) is 7. The first-order valence-corrected chi connectivity index (χ1v) is 12.2. The summed E-state index contributed by atoms with van der Waals surface area (Å²) in [4.78, 5) is 28.5. The Hall–Kier alpha value is -2.97. The molecule has 34 heavy (non-hydrogen) atoms. The molecule has 1 saturated heterocycles. The summed E-state index contributed by atoms with van der Waals surface area (Å²) < 4.78 is 5.32. The first-order valence-electron chi connectivity index (χ1n) is 11.8. The number of anilines is 2. The lowest BCUT2D eigenvalue weighted by molar-refractivity contribution is -0.125. The molecule has 2 aromatic heterocycles. The Morgan fingerprint density at radius 3 is 2.82 bits per heavy atom. The predicted molar refractivity (Wildman–Crippen MR) is 135 cm³/mol. The molecular weight excluding hydrogens is 452 g/mol. The van der Waals surface area contributed by atoms with Crippen molar-refractivity contribution in [3.05, 3.63) is 53.3 Å². The topological polar surface area (TPSA) is 92.3 Å². The first-order chi connectivity index (χ1) is 16.7. The summed E-state index contributed by atoms with van der Waals surface area (Å²) >= 11 is 6.24. The van der Waals surface area contributed by atoms with Crippen LogP contribution in [-0.2, 0) is 16.1 Å². The molecule has 1 amide bonds. The number of carbonyl (C=O) groups excluding carboxylic acids is 1. The summed E-state index contributed by atoms with van der Waals surface area (Å²) in [5, 5.41) is 7.91. The highest BCUT2D eigenvalue weighted by Crippen LogP contribution is 2.28. The molecule has 0 bridgehead atoms. The molecule has 0 spiro atoms. The molecule has 9 heteroatoms. The zero-order valence-corrected chi connectivity index (χ0v) is 20.2. The van der Waals surface area contributed by atoms with Crippen molar-refractivity contribution in [2.45, 2.75) is 32.7 Å². The SMILES string of the molecule is CCOCCCNC(=O)C1CCN(c2nccc3nc(NCc4ccccc4Cl)ncc23)CC1. The second-order valence-corrected chi connectivity index (χ2v) is 8.72. The third kappa shape index (κ3) is 6.12. The van der Waals surface area contributed by atoms with E-state index in [4.69, 9.17) is 16.3 Å². The number of pyridine rings is 1. The third-order valence-electron chi connectivity index (χ3n) is 6.02. The molecule has 1 aromatic carbocycles. The molecule has 2 N–H and O–H groups in total. The second kappa shape index (κ2) is 11.9. The van der Waals surface area contributed by atoms with Crippen molar-refractivity contribution in [1.82, 2.24) is 20.3 Å². The largest absolute Gasteiger partial charge is 0.382 e. The molecule has 0 saturated carbocycles. The van der Waals surface area contributed by atoms with Crippen LogP contribution in [0.25, 0.3) is 10.9 Å². The number of fused-ring (bicyclic) bond motifs is 1. The molecule has 3 heterocycles. The molecule has 0 aliphatic carbocycles. The number of rotatable bonds is 10. The maximum Gasteiger partial charge on any atom is 0.223 e. The maximum absolute atomic E-state index is 12.5. The van der Waals surface area contributed by atoms with Crippen LogP contribution in [-0.4, -0.2) is 53.7 Å². The smallest absolute Gasteiger partial charge is 0.223 e. The van der Waals surface area contributed by atoms with Crippen LogP contribution >= 0.6 is 11.6 Å². The number of halogens is 1. The van der Waals surface area contributed by atoms with Crippen LogP contribution in [0.1, 0.15) is 31.7 Å². The van der Waals surface area contributed by atoms with Crippen LogP contribution in [0, 0.1) is 5.92 Å². The highest BCUT2D eigenvalue weighted by molar-refractivity contribution is 6.31. The number of carbonyl (C=O) groups is 1. The van der Waals surface area contributed by atoms with E-state index in [-0.39, 0.29) is 11.8 Å². The quantitative estimate of drug-likeness (QED) is 0.421. The van der Waals surface area contributed by atoms with Gasteiger partial charge in [-0.15, -0.1) is 0 Å². The average molecular weight is 483 g/mol. The lowest BCUT2D eigenvalue weighted by Gasteiger charge is -2.32. The van der Waals surface area contributed by atoms with E-state index in [9.17, 15) is 4.79 Å². The third-order valence-corrected chi connectivity index (χ3v) is 6.39. The van der Waals surface area contributed by atoms with Gasteiger partial charge in [0.15, 0.2) is 0 Å². The summed E-state index contributed by atoms with van der Waals surface area (Å²) in [6.45, 7) is 6.12. The van der Waals surface area contributed by atoms with E-state index in [2.05, 4.69) is 30.5 Å². The van der Waals surface area contributed by atoms with Crippen LogP contribution in [0.3, 0.4) is 0 Å². The van der Waals surface area contributed by atoms with Crippen molar-refractivity contribution < 1.29 is 9.53 Å². The van der Waals surface area contributed by atoms with E-state index in [1.807, 2.05) is 43.5 Å². The molecule has 3 aromatic rings. The zero-order valence-electron chi connectivity index (χ0n) is 19.5. The second-order valence-electron chi connectivity index (χ2n) is 8.31. The molecule has 1 fully saturated rings. The number of benzene rings is 1. The first kappa shape index (κ1) is 24.2. The Morgan fingerprint density at radius 1 is 1.21 bits per heavy atom. The van der Waals surface area contributed by atoms with Crippen molar-refractivity contribution >= 4 is 40.2 Å². The van der Waals surface area contributed by atoms with Crippen LogP contribution in [0.4, 0.5) is 11.8 Å². The fraction of sp³-hybridized carbons (Fsp3) is 0.440. The summed E-state index contributed by atoms with van der Waals surface area (Å²) in [6, 6.07) is 9.60. The van der Waals surface area contributed by atoms with Gasteiger partial charge in [0, 0.05) is 62.7 Å². The van der Waals surface area contributed by atoms with E-state index in [1.165, 1.54) is 0 Å². The minimum Gasteiger partial charge on any atom is -0.382 e. The molecule has 180 valence electrons. The van der Waals surface area contributed by atoms with Gasteiger partial charge in [0.2, 0.25) is 11.9 Å². The van der Waals surface area contributed by atoms with Gasteiger partial charge in [-0.3, -0.25) is 4.79 Å². The molecule has 0 atom stereocenters. The van der Waals surface area contributed by atoms with Crippen LogP contribution in [0.15, 0.2) is 42.7 Å². The van der Waals surface area contributed by atoms with Crippen LogP contribution < -0.4 is 15.5 Å². The molecular formula is C25H31ClN6O2. The normalized spacial score (nSPS) is 14.4. The Kier molecular flexibility index (Phi) is 8.49. The number of aromatic nitrogens is 3. The van der Waals surface area contributed by atoms with Gasteiger partial charge in [-0.05, 0) is 43.9 Å². The fourth-order valence-corrected chi connectivity index (χ4v) is 4.33. The lowest BCUT2D eigenvalue weighted by atomic mass is 9.95. The number of nitrogens with one attached hydrogen (secondary N) is 2. The van der Waals surface area contributed by atoms with Gasteiger partial charge >= 0.3 is 0 Å². The van der Waals surface area contributed by atoms with Gasteiger partial charge < -0.3 is 20.3 Å². The van der Waals surface area contributed by atoms with Gasteiger partial charge in [-0.2, -0.15) is 0 Å². The van der Waals surface area contributed by atoms with Crippen molar-refractivity contribution in [2.75, 3.05) is 43.1 Å². The minimum atomic E-state index is 0.0372. The minimum absolute atomic E-state index is 0.0372. The van der Waals surface area contributed by atoms with Gasteiger partial charge in [-0.25, -0.2) is 15.0 Å². The predicted octanol–water partition coefficient (Wildman–Crippen LogP) is 4.05. The van der Waals surface area contributed by atoms with E-state index in [0.29, 0.717) is 37.3 Å². The summed E-state index contributed by atoms with van der Waals surface area (Å²) in [5.41, 5.74) is 1.82. The highest BCUT2D eigenvalue weighted by atomic mass is 35.5. The van der Waals surface area contributed by atoms with Gasteiger partial charge in [0.05, 0.1) is 10.9 Å². The molecule has 1 aliphatic heterocycles. The van der Waals surface area contributed by atoms with E-state index in [0.717, 1.165) is 54.6 Å². The summed E-state index contributed by atoms with van der Waals surface area (Å²) in [5.74, 6) is 1.59. The number of amides is 1. The molecule has 4 rings (SSSR count). The number of nitrogens with zero attached hydrogens (tertiary/aromatic N) is 4. The van der Waals surface area contributed by atoms with Gasteiger partial charge in [0.25, 0.3) is 0 Å². The Morgan fingerprint density at radius 2 is 2.03 bits per heavy atom. The monoisotopic (exact) mass is 482 g/mol. The maximum atomic E-state index is 12.5. The van der Waals surface area contributed by atoms with E-state index < -0.39 is 0 Å². The summed E-state index contributed by atoms with van der Waals surface area (Å²) in [6.07, 6.45) is 6.03. The Balaban J connectivity index is 1.34. The standard InChI is InChI=1S/C25H31ClN6O2/c1-2-34-15-5-11-28-24(33)18-9-13-32(14-10-18)23-20-17-30-25(31-22(20)8-12-27-23)29-16-19-6-3-4-7-21(19)26/h3-4,6-8,12,17-18H,2,5,9-11,13-16H2,1H3,(H,28,33)(H,29,30,31). The van der Waals surface area contributed by atoms with E-state index in [1.54, 1.807) is 6.20 Å². The average Bonchev–Trinajstić information content (AvgIpc) is 2.87. The number of hydrogen-bond donors (Lipinski definition) is 2. The van der Waals surface area contributed by atoms with Crippen LogP contribution in [0.5, 0.6) is 0 Å². The van der Waals surface area contributed by atoms with Crippen molar-refractivity contribution in [3.63, 3.8) is 0 Å². The number of piperidine rings is 1. The van der Waals surface area contributed by atoms with Crippen molar-refractivity contribution in [1.29, 1.82) is 0 Å². The van der Waals surface area contributed by atoms with Crippen LogP contribution in [0.2, 0.25) is 5.02 Å². The lowest BCUT2D eigenvalue weighted by Crippen LogP contribution is -2.41. The fourth-order valence-electron chi connectivity index (χ4n) is 4.12. The zero-order chi connectivity index (χ0) is 23.8. The van der Waals surface area contributed by atoms with Gasteiger partial charge in [-0.1, -0.05) is 29.8 Å². The molecule has 1 aliphatic rings. The highest BCUT2D eigenvalue weighted by Gasteiger charge is 2.26. The van der Waals surface area contributed by atoms with Gasteiger partial charge in [0.1, 0.15) is 5.82 Å². The Labute approximate surface area is 205 Å². The molecule has 0 radical (unpaired) electrons. The van der Waals surface area contributed by atoms with E-state index >= 15 is 0 Å². The van der Waals surface area contributed by atoms with Crippen molar-refractivity contribution in [3.8, 4) is 0 Å². The Bertz CT molecular complexity index is 1100. The molecule has 8 nitrogen and oxygen atoms in total. The number of ether oxygens (including phenoxy) is 1. The molecule has 0 unspecified atom stereocenters. The van der Waals surface area contributed by atoms with Crippen molar-refractivity contribution in [2.24, 2.45) is 5.92 Å². The summed E-state index contributed by atoms with van der Waals surface area (Å²) in [7, 11) is 0.